The van der Waals surface area contributed by atoms with Crippen LogP contribution in [0, 0.1) is 10.1 Å². The Labute approximate surface area is 112 Å². The van der Waals surface area contributed by atoms with Gasteiger partial charge in [0.2, 0.25) is 0 Å². The maximum absolute atomic E-state index is 10.8. The Morgan fingerprint density at radius 1 is 1.32 bits per heavy atom. The van der Waals surface area contributed by atoms with E-state index in [1.165, 1.54) is 6.07 Å². The maximum Gasteiger partial charge on any atom is 0.311 e. The first-order valence-corrected chi connectivity index (χ1v) is 6.41. The first-order chi connectivity index (χ1) is 9.19. The lowest BCUT2D eigenvalue weighted by Crippen LogP contribution is -2.06. The minimum absolute atomic E-state index is 0.0123. The molecule has 0 unspecified atom stereocenters. The normalized spacial score (nSPS) is 10.2. The molecule has 0 aliphatic rings. The lowest BCUT2D eigenvalue weighted by molar-refractivity contribution is -0.385. The SMILES string of the molecule is CCOCCCNc1ccc([N+](=O)[O-])c(OCC)c1. The summed E-state index contributed by atoms with van der Waals surface area (Å²) in [5.41, 5.74) is 0.798. The summed E-state index contributed by atoms with van der Waals surface area (Å²) in [5, 5.41) is 14.0. The second kappa shape index (κ2) is 8.31. The van der Waals surface area contributed by atoms with Gasteiger partial charge in [-0.2, -0.15) is 0 Å². The van der Waals surface area contributed by atoms with Crippen molar-refractivity contribution in [2.24, 2.45) is 0 Å². The molecule has 0 aliphatic heterocycles. The molecule has 0 saturated heterocycles. The molecular formula is C13H20N2O4. The number of nitro groups is 1. The predicted molar refractivity (Wildman–Crippen MR) is 73.9 cm³/mol. The van der Waals surface area contributed by atoms with Crippen LogP contribution in [0.1, 0.15) is 20.3 Å². The fourth-order valence-electron chi connectivity index (χ4n) is 1.60. The Kier molecular flexibility index (Phi) is 6.67. The summed E-state index contributed by atoms with van der Waals surface area (Å²) in [7, 11) is 0. The standard InChI is InChI=1S/C13H20N2O4/c1-3-18-9-5-8-14-11-6-7-12(15(16)17)13(10-11)19-4-2/h6-7,10,14H,3-5,8-9H2,1-2H3. The Hall–Kier alpha value is -1.82. The topological polar surface area (TPSA) is 73.6 Å². The number of benzene rings is 1. The summed E-state index contributed by atoms with van der Waals surface area (Å²) in [6.07, 6.45) is 0.884. The van der Waals surface area contributed by atoms with Crippen LogP contribution in [0.15, 0.2) is 18.2 Å². The fourth-order valence-corrected chi connectivity index (χ4v) is 1.60. The van der Waals surface area contributed by atoms with Crippen LogP contribution in [0.2, 0.25) is 0 Å². The van der Waals surface area contributed by atoms with Gasteiger partial charge >= 0.3 is 5.69 Å². The second-order valence-corrected chi connectivity index (χ2v) is 3.85. The van der Waals surface area contributed by atoms with Gasteiger partial charge in [0.25, 0.3) is 0 Å². The number of nitro benzene ring substituents is 1. The van der Waals surface area contributed by atoms with Gasteiger partial charge in [-0.25, -0.2) is 0 Å². The highest BCUT2D eigenvalue weighted by Crippen LogP contribution is 2.29. The highest BCUT2D eigenvalue weighted by molar-refractivity contribution is 5.57. The Bertz CT molecular complexity index is 410. The molecule has 0 heterocycles. The molecule has 106 valence electrons. The molecule has 0 spiro atoms. The van der Waals surface area contributed by atoms with E-state index in [9.17, 15) is 10.1 Å². The number of ether oxygens (including phenoxy) is 2. The summed E-state index contributed by atoms with van der Waals surface area (Å²) < 4.78 is 10.5. The number of nitrogens with one attached hydrogen (secondary N) is 1. The summed E-state index contributed by atoms with van der Waals surface area (Å²) in [6, 6.07) is 4.79. The van der Waals surface area contributed by atoms with Gasteiger partial charge in [-0.15, -0.1) is 0 Å². The summed E-state index contributed by atoms with van der Waals surface area (Å²) in [5.74, 6) is 0.294. The van der Waals surface area contributed by atoms with Gasteiger partial charge in [-0.1, -0.05) is 0 Å². The second-order valence-electron chi connectivity index (χ2n) is 3.85. The van der Waals surface area contributed by atoms with Gasteiger partial charge in [-0.3, -0.25) is 10.1 Å². The van der Waals surface area contributed by atoms with Crippen LogP contribution in [0.5, 0.6) is 5.75 Å². The zero-order valence-corrected chi connectivity index (χ0v) is 11.3. The average molecular weight is 268 g/mol. The number of hydrogen-bond acceptors (Lipinski definition) is 5. The van der Waals surface area contributed by atoms with E-state index in [1.54, 1.807) is 19.1 Å². The van der Waals surface area contributed by atoms with Crippen molar-refractivity contribution in [3.05, 3.63) is 28.3 Å². The van der Waals surface area contributed by atoms with Crippen molar-refractivity contribution in [1.29, 1.82) is 0 Å². The third kappa shape index (κ3) is 5.13. The van der Waals surface area contributed by atoms with Crippen LogP contribution in [-0.2, 0) is 4.74 Å². The monoisotopic (exact) mass is 268 g/mol. The van der Waals surface area contributed by atoms with Gasteiger partial charge in [0, 0.05) is 37.6 Å². The molecule has 6 heteroatoms. The number of rotatable bonds is 9. The number of anilines is 1. The van der Waals surface area contributed by atoms with Crippen LogP contribution in [-0.4, -0.2) is 31.3 Å². The van der Waals surface area contributed by atoms with Gasteiger partial charge in [0.15, 0.2) is 5.75 Å². The van der Waals surface area contributed by atoms with E-state index in [0.29, 0.717) is 25.6 Å². The van der Waals surface area contributed by atoms with E-state index in [-0.39, 0.29) is 5.69 Å². The number of nitrogens with zero attached hydrogens (tertiary/aromatic N) is 1. The van der Waals surface area contributed by atoms with Crippen molar-refractivity contribution in [3.8, 4) is 5.75 Å². The third-order valence-corrected chi connectivity index (χ3v) is 2.46. The van der Waals surface area contributed by atoms with E-state index in [4.69, 9.17) is 9.47 Å². The Morgan fingerprint density at radius 3 is 2.74 bits per heavy atom. The molecule has 19 heavy (non-hydrogen) atoms. The van der Waals surface area contributed by atoms with Crippen molar-refractivity contribution in [2.45, 2.75) is 20.3 Å². The van der Waals surface area contributed by atoms with Gasteiger partial charge in [-0.05, 0) is 26.3 Å². The van der Waals surface area contributed by atoms with E-state index < -0.39 is 4.92 Å². The molecule has 0 amide bonds. The van der Waals surface area contributed by atoms with Crippen molar-refractivity contribution in [1.82, 2.24) is 0 Å². The van der Waals surface area contributed by atoms with Crippen molar-refractivity contribution >= 4 is 11.4 Å². The van der Waals surface area contributed by atoms with Crippen LogP contribution in [0.4, 0.5) is 11.4 Å². The smallest absolute Gasteiger partial charge is 0.311 e. The minimum atomic E-state index is -0.441. The predicted octanol–water partition coefficient (Wildman–Crippen LogP) is 2.83. The van der Waals surface area contributed by atoms with Gasteiger partial charge in [0.05, 0.1) is 11.5 Å². The first-order valence-electron chi connectivity index (χ1n) is 6.41. The maximum atomic E-state index is 10.8. The van der Waals surface area contributed by atoms with E-state index in [1.807, 2.05) is 6.92 Å². The molecule has 0 bridgehead atoms. The zero-order valence-electron chi connectivity index (χ0n) is 11.3. The molecule has 0 atom stereocenters. The molecule has 0 radical (unpaired) electrons. The Morgan fingerprint density at radius 2 is 2.11 bits per heavy atom. The van der Waals surface area contributed by atoms with Crippen LogP contribution < -0.4 is 10.1 Å². The summed E-state index contributed by atoms with van der Waals surface area (Å²) in [4.78, 5) is 10.4. The van der Waals surface area contributed by atoms with Crippen LogP contribution >= 0.6 is 0 Å². The molecule has 0 aliphatic carbocycles. The molecule has 1 aromatic rings. The van der Waals surface area contributed by atoms with E-state index in [2.05, 4.69) is 5.32 Å². The number of hydrogen-bond donors (Lipinski definition) is 1. The largest absolute Gasteiger partial charge is 0.487 e. The molecule has 1 N–H and O–H groups in total. The molecule has 6 nitrogen and oxygen atoms in total. The minimum Gasteiger partial charge on any atom is -0.487 e. The van der Waals surface area contributed by atoms with Gasteiger partial charge in [0.1, 0.15) is 0 Å². The molecule has 1 aromatic carbocycles. The van der Waals surface area contributed by atoms with Gasteiger partial charge < -0.3 is 14.8 Å². The van der Waals surface area contributed by atoms with Crippen molar-refractivity contribution in [2.75, 3.05) is 31.7 Å². The van der Waals surface area contributed by atoms with Crippen LogP contribution in [0.3, 0.4) is 0 Å². The Balaban J connectivity index is 2.59. The summed E-state index contributed by atoms with van der Waals surface area (Å²) in [6.45, 7) is 6.32. The highest BCUT2D eigenvalue weighted by atomic mass is 16.6. The molecule has 0 saturated carbocycles. The average Bonchev–Trinajstić information content (AvgIpc) is 2.39. The van der Waals surface area contributed by atoms with Crippen LogP contribution in [0.25, 0.3) is 0 Å². The molecule has 0 fully saturated rings. The lowest BCUT2D eigenvalue weighted by Gasteiger charge is -2.09. The zero-order chi connectivity index (χ0) is 14.1. The highest BCUT2D eigenvalue weighted by Gasteiger charge is 2.14. The third-order valence-electron chi connectivity index (χ3n) is 2.46. The van der Waals surface area contributed by atoms with Crippen molar-refractivity contribution < 1.29 is 14.4 Å². The van der Waals surface area contributed by atoms with Crippen molar-refractivity contribution in [3.63, 3.8) is 0 Å². The summed E-state index contributed by atoms with van der Waals surface area (Å²) >= 11 is 0. The molecule has 0 aromatic heterocycles. The van der Waals surface area contributed by atoms with E-state index >= 15 is 0 Å². The fraction of sp³-hybridized carbons (Fsp3) is 0.538. The molecule has 1 rings (SSSR count). The quantitative estimate of drug-likeness (QED) is 0.423. The van der Waals surface area contributed by atoms with E-state index in [0.717, 1.165) is 18.7 Å². The molecular weight excluding hydrogens is 248 g/mol. The first kappa shape index (κ1) is 15.2. The lowest BCUT2D eigenvalue weighted by atomic mass is 10.2.